The Labute approximate surface area is 169 Å². The van der Waals surface area contributed by atoms with Gasteiger partial charge in [-0.15, -0.1) is 0 Å². The van der Waals surface area contributed by atoms with Gasteiger partial charge in [-0.3, -0.25) is 9.59 Å². The van der Waals surface area contributed by atoms with E-state index in [0.717, 1.165) is 12.8 Å². The average Bonchev–Trinajstić information content (AvgIpc) is 3.23. The molecule has 0 atom stereocenters. The number of carbonyl (C=O) groups is 2. The number of carbonyl (C=O) groups excluding carboxylic acids is 2. The van der Waals surface area contributed by atoms with Crippen LogP contribution in [0.25, 0.3) is 0 Å². The van der Waals surface area contributed by atoms with Crippen LogP contribution in [0.3, 0.4) is 0 Å². The predicted molar refractivity (Wildman–Crippen MR) is 109 cm³/mol. The highest BCUT2D eigenvalue weighted by atomic mass is 32.2. The van der Waals surface area contributed by atoms with Gasteiger partial charge in [0.15, 0.2) is 6.61 Å². The van der Waals surface area contributed by atoms with Crippen LogP contribution < -0.4 is 15.4 Å². The van der Waals surface area contributed by atoms with E-state index in [-0.39, 0.29) is 17.4 Å². The van der Waals surface area contributed by atoms with Gasteiger partial charge in [-0.1, -0.05) is 12.1 Å². The van der Waals surface area contributed by atoms with E-state index < -0.39 is 15.9 Å². The van der Waals surface area contributed by atoms with E-state index >= 15 is 0 Å². The Bertz CT molecular complexity index is 983. The summed E-state index contributed by atoms with van der Waals surface area (Å²) in [6.07, 6.45) is 1.75. The monoisotopic (exact) mass is 417 g/mol. The van der Waals surface area contributed by atoms with Gasteiger partial charge >= 0.3 is 0 Å². The van der Waals surface area contributed by atoms with Crippen molar-refractivity contribution in [3.05, 3.63) is 48.5 Å². The molecule has 3 rings (SSSR count). The molecule has 0 aromatic heterocycles. The second-order valence-corrected chi connectivity index (χ2v) is 8.59. The molecule has 0 bridgehead atoms. The molecular formula is C20H23N3O5S. The summed E-state index contributed by atoms with van der Waals surface area (Å²) in [4.78, 5) is 23.6. The van der Waals surface area contributed by atoms with Gasteiger partial charge in [0.2, 0.25) is 15.9 Å². The fourth-order valence-corrected chi connectivity index (χ4v) is 4.53. The molecule has 1 aliphatic rings. The van der Waals surface area contributed by atoms with Crippen molar-refractivity contribution in [2.24, 2.45) is 0 Å². The Balaban J connectivity index is 1.58. The summed E-state index contributed by atoms with van der Waals surface area (Å²) in [5.74, 6) is -0.267. The van der Waals surface area contributed by atoms with Gasteiger partial charge in [0.25, 0.3) is 5.91 Å². The number of ether oxygens (including phenoxy) is 1. The van der Waals surface area contributed by atoms with E-state index in [1.165, 1.54) is 23.4 Å². The van der Waals surface area contributed by atoms with Crippen molar-refractivity contribution in [3.63, 3.8) is 0 Å². The summed E-state index contributed by atoms with van der Waals surface area (Å²) in [6, 6.07) is 12.9. The molecule has 2 aromatic carbocycles. The van der Waals surface area contributed by atoms with Gasteiger partial charge in [-0.05, 0) is 49.2 Å². The highest BCUT2D eigenvalue weighted by Gasteiger charge is 2.26. The van der Waals surface area contributed by atoms with Gasteiger partial charge < -0.3 is 15.4 Å². The molecule has 1 aliphatic heterocycles. The first-order valence-electron chi connectivity index (χ1n) is 9.26. The molecule has 2 aromatic rings. The Morgan fingerprint density at radius 1 is 1.00 bits per heavy atom. The van der Waals surface area contributed by atoms with Crippen LogP contribution in [0.2, 0.25) is 0 Å². The molecule has 1 saturated heterocycles. The molecule has 2 amide bonds. The summed E-state index contributed by atoms with van der Waals surface area (Å²) >= 11 is 0. The maximum absolute atomic E-state index is 12.5. The zero-order valence-corrected chi connectivity index (χ0v) is 16.9. The van der Waals surface area contributed by atoms with Crippen molar-refractivity contribution < 1.29 is 22.7 Å². The average molecular weight is 417 g/mol. The SMILES string of the molecule is CC(=O)Nc1ccccc1OCC(=O)Nc1ccc(S(=O)(=O)N2CCCC2)cc1. The van der Waals surface area contributed by atoms with Crippen molar-refractivity contribution in [1.82, 2.24) is 4.31 Å². The van der Waals surface area contributed by atoms with Gasteiger partial charge in [-0.25, -0.2) is 8.42 Å². The number of para-hydroxylation sites is 2. The number of hydrogen-bond donors (Lipinski definition) is 2. The lowest BCUT2D eigenvalue weighted by atomic mass is 10.3. The van der Waals surface area contributed by atoms with Crippen LogP contribution in [-0.2, 0) is 19.6 Å². The molecule has 0 aliphatic carbocycles. The predicted octanol–water partition coefficient (Wildman–Crippen LogP) is 2.45. The second kappa shape index (κ2) is 9.06. The summed E-state index contributed by atoms with van der Waals surface area (Å²) < 4.78 is 32.0. The van der Waals surface area contributed by atoms with Crippen LogP contribution in [0.5, 0.6) is 5.75 Å². The minimum absolute atomic E-state index is 0.206. The maximum atomic E-state index is 12.5. The molecule has 8 nitrogen and oxygen atoms in total. The fraction of sp³-hybridized carbons (Fsp3) is 0.300. The molecule has 0 saturated carbocycles. The number of hydrogen-bond acceptors (Lipinski definition) is 5. The molecule has 0 spiro atoms. The molecule has 2 N–H and O–H groups in total. The number of amides is 2. The lowest BCUT2D eigenvalue weighted by Crippen LogP contribution is -2.27. The number of rotatable bonds is 7. The van der Waals surface area contributed by atoms with Crippen molar-refractivity contribution in [1.29, 1.82) is 0 Å². The van der Waals surface area contributed by atoms with E-state index in [1.807, 2.05) is 0 Å². The normalized spacial score (nSPS) is 14.4. The maximum Gasteiger partial charge on any atom is 0.262 e. The topological polar surface area (TPSA) is 105 Å². The molecule has 0 unspecified atom stereocenters. The Kier molecular flexibility index (Phi) is 6.50. The lowest BCUT2D eigenvalue weighted by molar-refractivity contribution is -0.118. The number of benzene rings is 2. The highest BCUT2D eigenvalue weighted by Crippen LogP contribution is 2.24. The van der Waals surface area contributed by atoms with Crippen LogP contribution in [-0.4, -0.2) is 44.2 Å². The summed E-state index contributed by atoms with van der Waals surface area (Å²) in [5, 5.41) is 5.29. The molecule has 154 valence electrons. The van der Waals surface area contributed by atoms with Crippen molar-refractivity contribution in [2.75, 3.05) is 30.3 Å². The Morgan fingerprint density at radius 2 is 1.66 bits per heavy atom. The number of anilines is 2. The molecule has 29 heavy (non-hydrogen) atoms. The van der Waals surface area contributed by atoms with Crippen LogP contribution >= 0.6 is 0 Å². The minimum atomic E-state index is -3.48. The number of sulfonamides is 1. The molecular weight excluding hydrogens is 394 g/mol. The third-order valence-corrected chi connectivity index (χ3v) is 6.31. The van der Waals surface area contributed by atoms with Gasteiger partial charge in [0.05, 0.1) is 10.6 Å². The van der Waals surface area contributed by atoms with Gasteiger partial charge in [0, 0.05) is 25.7 Å². The van der Waals surface area contributed by atoms with Crippen LogP contribution in [0, 0.1) is 0 Å². The third kappa shape index (κ3) is 5.33. The second-order valence-electron chi connectivity index (χ2n) is 6.65. The third-order valence-electron chi connectivity index (χ3n) is 4.40. The summed E-state index contributed by atoms with van der Waals surface area (Å²) in [6.45, 7) is 2.21. The number of nitrogens with zero attached hydrogens (tertiary/aromatic N) is 1. The van der Waals surface area contributed by atoms with Gasteiger partial charge in [-0.2, -0.15) is 4.31 Å². The summed E-state index contributed by atoms with van der Waals surface area (Å²) in [7, 11) is -3.48. The van der Waals surface area contributed by atoms with Crippen molar-refractivity contribution >= 4 is 33.2 Å². The quantitative estimate of drug-likeness (QED) is 0.720. The number of nitrogens with one attached hydrogen (secondary N) is 2. The van der Waals surface area contributed by atoms with Crippen LogP contribution in [0.4, 0.5) is 11.4 Å². The zero-order chi connectivity index (χ0) is 20.9. The molecule has 1 fully saturated rings. The van der Waals surface area contributed by atoms with Crippen LogP contribution in [0.15, 0.2) is 53.4 Å². The standard InChI is InChI=1S/C20H23N3O5S/c1-15(24)21-18-6-2-3-7-19(18)28-14-20(25)22-16-8-10-17(11-9-16)29(26,27)23-12-4-5-13-23/h2-3,6-11H,4-5,12-14H2,1H3,(H,21,24)(H,22,25). The first kappa shape index (κ1) is 20.8. The van der Waals surface area contributed by atoms with E-state index in [9.17, 15) is 18.0 Å². The van der Waals surface area contributed by atoms with E-state index in [1.54, 1.807) is 36.4 Å². The highest BCUT2D eigenvalue weighted by molar-refractivity contribution is 7.89. The van der Waals surface area contributed by atoms with Crippen LogP contribution in [0.1, 0.15) is 19.8 Å². The smallest absolute Gasteiger partial charge is 0.262 e. The fourth-order valence-electron chi connectivity index (χ4n) is 3.01. The lowest BCUT2D eigenvalue weighted by Gasteiger charge is -2.16. The molecule has 1 heterocycles. The first-order chi connectivity index (χ1) is 13.9. The minimum Gasteiger partial charge on any atom is -0.482 e. The summed E-state index contributed by atoms with van der Waals surface area (Å²) in [5.41, 5.74) is 0.943. The first-order valence-corrected chi connectivity index (χ1v) is 10.7. The van der Waals surface area contributed by atoms with E-state index in [2.05, 4.69) is 10.6 Å². The Morgan fingerprint density at radius 3 is 2.31 bits per heavy atom. The Hall–Kier alpha value is -2.91. The molecule has 0 radical (unpaired) electrons. The zero-order valence-electron chi connectivity index (χ0n) is 16.1. The van der Waals surface area contributed by atoms with Crippen molar-refractivity contribution in [2.45, 2.75) is 24.7 Å². The van der Waals surface area contributed by atoms with E-state index in [4.69, 9.17) is 4.74 Å². The van der Waals surface area contributed by atoms with E-state index in [0.29, 0.717) is 30.2 Å². The largest absolute Gasteiger partial charge is 0.482 e. The van der Waals surface area contributed by atoms with Crippen molar-refractivity contribution in [3.8, 4) is 5.75 Å². The molecule has 9 heteroatoms. The van der Waals surface area contributed by atoms with Gasteiger partial charge in [0.1, 0.15) is 5.75 Å².